The molecule has 0 saturated heterocycles. The molecule has 6 heteroatoms. The normalized spacial score (nSPS) is 13.7. The van der Waals surface area contributed by atoms with E-state index in [1.54, 1.807) is 18.0 Å². The molecule has 0 amide bonds. The van der Waals surface area contributed by atoms with E-state index < -0.39 is 0 Å². The van der Waals surface area contributed by atoms with Crippen molar-refractivity contribution in [1.29, 1.82) is 0 Å². The molecule has 3 aromatic heterocycles. The van der Waals surface area contributed by atoms with E-state index in [1.807, 2.05) is 24.5 Å². The molecule has 5 rings (SSSR count). The first-order valence-electron chi connectivity index (χ1n) is 10.4. The standard InChI is InChI=1S/C25H23N5S/c1-31-22-9-7-18(8-10-22)23-6-2-5-21(28-23)17-30-13-11-24-20(16-30)15-27-25(29-24)19-4-3-12-26-14-19/h2-10,12,14-15H,11,13,16-17H2,1H3. The van der Waals surface area contributed by atoms with Gasteiger partial charge in [0.05, 0.1) is 17.1 Å². The van der Waals surface area contributed by atoms with Crippen LogP contribution in [0.3, 0.4) is 0 Å². The van der Waals surface area contributed by atoms with Gasteiger partial charge in [-0.1, -0.05) is 18.2 Å². The maximum atomic E-state index is 4.92. The van der Waals surface area contributed by atoms with E-state index in [9.17, 15) is 0 Å². The van der Waals surface area contributed by atoms with Gasteiger partial charge in [-0.25, -0.2) is 9.97 Å². The van der Waals surface area contributed by atoms with Gasteiger partial charge in [0.2, 0.25) is 0 Å². The fraction of sp³-hybridized carbons (Fsp3) is 0.200. The number of fused-ring (bicyclic) bond motifs is 1. The summed E-state index contributed by atoms with van der Waals surface area (Å²) in [6.07, 6.45) is 8.55. The molecule has 1 aliphatic rings. The summed E-state index contributed by atoms with van der Waals surface area (Å²) >= 11 is 1.75. The molecule has 0 saturated carbocycles. The van der Waals surface area contributed by atoms with E-state index in [-0.39, 0.29) is 0 Å². The Bertz CT molecular complexity index is 1180. The molecule has 0 N–H and O–H groups in total. The number of pyridine rings is 2. The number of rotatable bonds is 5. The molecule has 154 valence electrons. The van der Waals surface area contributed by atoms with Crippen LogP contribution in [-0.4, -0.2) is 37.6 Å². The predicted molar refractivity (Wildman–Crippen MR) is 125 cm³/mol. The maximum Gasteiger partial charge on any atom is 0.160 e. The second-order valence-electron chi connectivity index (χ2n) is 7.61. The van der Waals surface area contributed by atoms with Gasteiger partial charge in [-0.3, -0.25) is 14.9 Å². The molecule has 1 aliphatic heterocycles. The molecule has 4 aromatic rings. The second-order valence-corrected chi connectivity index (χ2v) is 8.49. The average Bonchev–Trinajstić information content (AvgIpc) is 2.84. The topological polar surface area (TPSA) is 54.8 Å². The lowest BCUT2D eigenvalue weighted by Gasteiger charge is -2.27. The third-order valence-corrected chi connectivity index (χ3v) is 6.25. The fourth-order valence-electron chi connectivity index (χ4n) is 3.86. The van der Waals surface area contributed by atoms with Crippen molar-refractivity contribution >= 4 is 11.8 Å². The first-order chi connectivity index (χ1) is 15.3. The van der Waals surface area contributed by atoms with Crippen molar-refractivity contribution < 1.29 is 0 Å². The molecular weight excluding hydrogens is 402 g/mol. The second kappa shape index (κ2) is 8.96. The fourth-order valence-corrected chi connectivity index (χ4v) is 4.27. The van der Waals surface area contributed by atoms with Crippen LogP contribution in [0, 0.1) is 0 Å². The van der Waals surface area contributed by atoms with Crippen molar-refractivity contribution in [3.8, 4) is 22.6 Å². The quantitative estimate of drug-likeness (QED) is 0.425. The molecule has 0 radical (unpaired) electrons. The van der Waals surface area contributed by atoms with Crippen LogP contribution in [-0.2, 0) is 19.5 Å². The van der Waals surface area contributed by atoms with Gasteiger partial charge in [-0.15, -0.1) is 11.8 Å². The number of thioether (sulfide) groups is 1. The molecule has 0 atom stereocenters. The monoisotopic (exact) mass is 425 g/mol. The summed E-state index contributed by atoms with van der Waals surface area (Å²) in [4.78, 5) is 22.1. The molecule has 0 fully saturated rings. The van der Waals surface area contributed by atoms with Crippen LogP contribution in [0.2, 0.25) is 0 Å². The molecule has 1 aromatic carbocycles. The number of nitrogens with zero attached hydrogens (tertiary/aromatic N) is 5. The Kier molecular flexibility index (Phi) is 5.74. The van der Waals surface area contributed by atoms with Gasteiger partial charge in [0.25, 0.3) is 0 Å². The van der Waals surface area contributed by atoms with Crippen molar-refractivity contribution in [2.75, 3.05) is 12.8 Å². The van der Waals surface area contributed by atoms with Crippen LogP contribution >= 0.6 is 11.8 Å². The predicted octanol–water partition coefficient (Wildman–Crippen LogP) is 4.88. The Morgan fingerprint density at radius 3 is 2.65 bits per heavy atom. The van der Waals surface area contributed by atoms with Gasteiger partial charge >= 0.3 is 0 Å². The summed E-state index contributed by atoms with van der Waals surface area (Å²) in [5.41, 5.74) is 6.55. The minimum atomic E-state index is 0.752. The van der Waals surface area contributed by atoms with Crippen LogP contribution in [0.15, 0.2) is 78.1 Å². The molecule has 0 spiro atoms. The third kappa shape index (κ3) is 4.50. The summed E-state index contributed by atoms with van der Waals surface area (Å²) < 4.78 is 0. The summed E-state index contributed by atoms with van der Waals surface area (Å²) in [5.74, 6) is 0.752. The van der Waals surface area contributed by atoms with E-state index in [4.69, 9.17) is 9.97 Å². The van der Waals surface area contributed by atoms with E-state index in [0.29, 0.717) is 0 Å². The SMILES string of the molecule is CSc1ccc(-c2cccc(CN3CCc4nc(-c5cccnc5)ncc4C3)n2)cc1. The van der Waals surface area contributed by atoms with Crippen molar-refractivity contribution in [2.45, 2.75) is 24.4 Å². The first-order valence-corrected chi connectivity index (χ1v) is 11.6. The molecule has 4 heterocycles. The molecule has 31 heavy (non-hydrogen) atoms. The van der Waals surface area contributed by atoms with E-state index in [0.717, 1.165) is 60.1 Å². The number of hydrogen-bond acceptors (Lipinski definition) is 6. The zero-order valence-corrected chi connectivity index (χ0v) is 18.2. The Balaban J connectivity index is 1.30. The van der Waals surface area contributed by atoms with E-state index >= 15 is 0 Å². The molecular formula is C25H23N5S. The highest BCUT2D eigenvalue weighted by atomic mass is 32.2. The summed E-state index contributed by atoms with van der Waals surface area (Å²) in [7, 11) is 0. The largest absolute Gasteiger partial charge is 0.293 e. The Morgan fingerprint density at radius 1 is 0.935 bits per heavy atom. The Hall–Kier alpha value is -3.09. The molecule has 5 nitrogen and oxygen atoms in total. The van der Waals surface area contributed by atoms with Crippen molar-refractivity contribution in [3.05, 3.63) is 90.1 Å². The van der Waals surface area contributed by atoms with Crippen LogP contribution in [0.4, 0.5) is 0 Å². The third-order valence-electron chi connectivity index (χ3n) is 5.51. The average molecular weight is 426 g/mol. The van der Waals surface area contributed by atoms with Gasteiger partial charge in [-0.05, 0) is 42.7 Å². The van der Waals surface area contributed by atoms with Crippen LogP contribution in [0.5, 0.6) is 0 Å². The van der Waals surface area contributed by atoms with Gasteiger partial charge in [0, 0.05) is 66.2 Å². The molecule has 0 bridgehead atoms. The number of benzene rings is 1. The highest BCUT2D eigenvalue weighted by Gasteiger charge is 2.19. The zero-order valence-electron chi connectivity index (χ0n) is 17.4. The summed E-state index contributed by atoms with van der Waals surface area (Å²) in [6, 6.07) is 18.8. The van der Waals surface area contributed by atoms with Crippen molar-refractivity contribution in [2.24, 2.45) is 0 Å². The van der Waals surface area contributed by atoms with Crippen LogP contribution in [0.1, 0.15) is 17.0 Å². The minimum Gasteiger partial charge on any atom is -0.293 e. The minimum absolute atomic E-state index is 0.752. The van der Waals surface area contributed by atoms with Crippen molar-refractivity contribution in [3.63, 3.8) is 0 Å². The van der Waals surface area contributed by atoms with E-state index in [2.05, 4.69) is 63.6 Å². The highest BCUT2D eigenvalue weighted by molar-refractivity contribution is 7.98. The zero-order chi connectivity index (χ0) is 21.0. The lowest BCUT2D eigenvalue weighted by molar-refractivity contribution is 0.240. The van der Waals surface area contributed by atoms with Crippen molar-refractivity contribution in [1.82, 2.24) is 24.8 Å². The summed E-state index contributed by atoms with van der Waals surface area (Å²) in [5, 5.41) is 0. The van der Waals surface area contributed by atoms with Crippen LogP contribution < -0.4 is 0 Å². The van der Waals surface area contributed by atoms with Gasteiger partial charge in [-0.2, -0.15) is 0 Å². The van der Waals surface area contributed by atoms with Crippen LogP contribution in [0.25, 0.3) is 22.6 Å². The number of hydrogen-bond donors (Lipinski definition) is 0. The Labute approximate surface area is 186 Å². The van der Waals surface area contributed by atoms with Gasteiger partial charge in [0.15, 0.2) is 5.82 Å². The Morgan fingerprint density at radius 2 is 1.84 bits per heavy atom. The maximum absolute atomic E-state index is 4.92. The molecule has 0 unspecified atom stereocenters. The summed E-state index contributed by atoms with van der Waals surface area (Å²) in [6.45, 7) is 2.63. The van der Waals surface area contributed by atoms with Gasteiger partial charge < -0.3 is 0 Å². The lowest BCUT2D eigenvalue weighted by atomic mass is 10.1. The highest BCUT2D eigenvalue weighted by Crippen LogP contribution is 2.24. The van der Waals surface area contributed by atoms with Gasteiger partial charge in [0.1, 0.15) is 0 Å². The first kappa shape index (κ1) is 19.8. The van der Waals surface area contributed by atoms with E-state index in [1.165, 1.54) is 10.5 Å². The number of aromatic nitrogens is 4. The molecule has 0 aliphatic carbocycles. The smallest absolute Gasteiger partial charge is 0.160 e. The lowest BCUT2D eigenvalue weighted by Crippen LogP contribution is -2.31.